The number of hydrogen-bond donors (Lipinski definition) is 6. The van der Waals surface area contributed by atoms with Crippen molar-refractivity contribution in [1.29, 1.82) is 0 Å². The van der Waals surface area contributed by atoms with Gasteiger partial charge in [0.15, 0.2) is 0 Å². The topological polar surface area (TPSA) is 148 Å². The van der Waals surface area contributed by atoms with E-state index >= 15 is 0 Å². The molecule has 1 fully saturated rings. The maximum atomic E-state index is 12.8. The maximum absolute atomic E-state index is 12.8. The molecule has 0 spiro atoms. The SMILES string of the molecule is Cc1c(O)c(C(=O)c2ccccc2)c(O)c(C)c1C1O[C@H](CO)[C@@H](O)[C@H](O)[C@H]1O. The normalized spacial score (nSPS) is 27.0. The molecule has 0 radical (unpaired) electrons. The number of phenols is 2. The van der Waals surface area contributed by atoms with Gasteiger partial charge in [0.1, 0.15) is 47.6 Å². The number of ketones is 1. The summed E-state index contributed by atoms with van der Waals surface area (Å²) in [7, 11) is 0. The minimum absolute atomic E-state index is 0.168. The van der Waals surface area contributed by atoms with E-state index in [1.165, 1.54) is 13.8 Å². The van der Waals surface area contributed by atoms with Gasteiger partial charge in [0.25, 0.3) is 0 Å². The van der Waals surface area contributed by atoms with E-state index in [1.807, 2.05) is 0 Å². The predicted octanol–water partition coefficient (Wildman–Crippen LogP) is 0.461. The second kappa shape index (κ2) is 8.10. The summed E-state index contributed by atoms with van der Waals surface area (Å²) in [6, 6.07) is 8.15. The third-order valence-corrected chi connectivity index (χ3v) is 5.43. The average Bonchev–Trinajstić information content (AvgIpc) is 2.73. The fourth-order valence-electron chi connectivity index (χ4n) is 3.74. The number of carbonyl (C=O) groups excluding carboxylic acids is 1. The zero-order valence-electron chi connectivity index (χ0n) is 16.0. The summed E-state index contributed by atoms with van der Waals surface area (Å²) in [5, 5.41) is 61.2. The van der Waals surface area contributed by atoms with Gasteiger partial charge in [0.05, 0.1) is 6.61 Å². The van der Waals surface area contributed by atoms with E-state index < -0.39 is 54.4 Å². The Morgan fingerprint density at radius 2 is 1.48 bits per heavy atom. The summed E-state index contributed by atoms with van der Waals surface area (Å²) >= 11 is 0. The van der Waals surface area contributed by atoms with Crippen molar-refractivity contribution >= 4 is 5.78 Å². The predicted molar refractivity (Wildman–Crippen MR) is 102 cm³/mol. The molecule has 0 aliphatic carbocycles. The van der Waals surface area contributed by atoms with Crippen LogP contribution in [0, 0.1) is 13.8 Å². The first kappa shape index (κ1) is 21.2. The first-order valence-electron chi connectivity index (χ1n) is 9.15. The highest BCUT2D eigenvalue weighted by atomic mass is 16.5. The Morgan fingerprint density at radius 3 is 2.00 bits per heavy atom. The summed E-state index contributed by atoms with van der Waals surface area (Å²) in [6.07, 6.45) is -7.12. The van der Waals surface area contributed by atoms with Crippen molar-refractivity contribution in [3.05, 3.63) is 58.1 Å². The van der Waals surface area contributed by atoms with Crippen LogP contribution in [-0.2, 0) is 4.74 Å². The van der Waals surface area contributed by atoms with E-state index in [-0.39, 0.29) is 27.8 Å². The molecule has 6 N–H and O–H groups in total. The lowest BCUT2D eigenvalue weighted by atomic mass is 9.84. The number of phenolic OH excluding ortho intramolecular Hbond substituents is 2. The molecule has 1 unspecified atom stereocenters. The second-order valence-corrected chi connectivity index (χ2v) is 7.18. The molecule has 0 saturated carbocycles. The van der Waals surface area contributed by atoms with Gasteiger partial charge in [-0.2, -0.15) is 0 Å². The summed E-state index contributed by atoms with van der Waals surface area (Å²) in [4.78, 5) is 12.8. The lowest BCUT2D eigenvalue weighted by Gasteiger charge is -2.41. The molecule has 1 aliphatic rings. The van der Waals surface area contributed by atoms with Crippen molar-refractivity contribution in [3.63, 3.8) is 0 Å². The smallest absolute Gasteiger partial charge is 0.200 e. The van der Waals surface area contributed by atoms with Gasteiger partial charge in [-0.3, -0.25) is 4.79 Å². The van der Waals surface area contributed by atoms with Crippen LogP contribution in [-0.4, -0.2) is 67.4 Å². The number of aliphatic hydroxyl groups is 4. The van der Waals surface area contributed by atoms with Crippen LogP contribution in [0.3, 0.4) is 0 Å². The first-order chi connectivity index (χ1) is 13.7. The minimum Gasteiger partial charge on any atom is -0.507 e. The molecule has 3 rings (SSSR count). The number of benzene rings is 2. The van der Waals surface area contributed by atoms with Crippen LogP contribution in [0.1, 0.15) is 38.7 Å². The summed E-state index contributed by atoms with van der Waals surface area (Å²) in [5.41, 5.74) is 0.506. The molecule has 0 aromatic heterocycles. The largest absolute Gasteiger partial charge is 0.507 e. The van der Waals surface area contributed by atoms with Crippen molar-refractivity contribution in [2.24, 2.45) is 0 Å². The van der Waals surface area contributed by atoms with E-state index in [4.69, 9.17) is 4.74 Å². The molecule has 8 nitrogen and oxygen atoms in total. The van der Waals surface area contributed by atoms with Gasteiger partial charge < -0.3 is 35.4 Å². The van der Waals surface area contributed by atoms with Crippen molar-refractivity contribution in [3.8, 4) is 11.5 Å². The van der Waals surface area contributed by atoms with E-state index in [0.717, 1.165) is 0 Å². The number of carbonyl (C=O) groups is 1. The Labute approximate surface area is 167 Å². The number of rotatable bonds is 4. The third-order valence-electron chi connectivity index (χ3n) is 5.43. The standard InChI is InChI=1S/C21H24O8/c1-9-13(21-20(28)19(27)18(26)12(8-22)29-21)10(2)16(24)14(15(9)23)17(25)11-6-4-3-5-7-11/h3-7,12,18-24,26-28H,8H2,1-2H3/t12-,18-,19+,20-,21?/m1/s1. The van der Waals surface area contributed by atoms with Crippen LogP contribution in [0.5, 0.6) is 11.5 Å². The van der Waals surface area contributed by atoms with Crippen LogP contribution in [0.25, 0.3) is 0 Å². The monoisotopic (exact) mass is 404 g/mol. The van der Waals surface area contributed by atoms with E-state index in [9.17, 15) is 35.4 Å². The minimum atomic E-state index is -1.61. The quantitative estimate of drug-likeness (QED) is 0.403. The van der Waals surface area contributed by atoms with Gasteiger partial charge in [-0.15, -0.1) is 0 Å². The van der Waals surface area contributed by atoms with Crippen LogP contribution in [0.2, 0.25) is 0 Å². The van der Waals surface area contributed by atoms with Gasteiger partial charge >= 0.3 is 0 Å². The van der Waals surface area contributed by atoms with Crippen molar-refractivity contribution in [2.45, 2.75) is 44.4 Å². The fraction of sp³-hybridized carbons (Fsp3) is 0.381. The summed E-state index contributed by atoms with van der Waals surface area (Å²) in [6.45, 7) is 2.36. The van der Waals surface area contributed by atoms with Gasteiger partial charge in [0, 0.05) is 5.56 Å². The Kier molecular flexibility index (Phi) is 5.92. The maximum Gasteiger partial charge on any atom is 0.200 e. The van der Waals surface area contributed by atoms with Crippen LogP contribution in [0.4, 0.5) is 0 Å². The van der Waals surface area contributed by atoms with E-state index in [2.05, 4.69) is 0 Å². The highest BCUT2D eigenvalue weighted by Gasteiger charge is 2.45. The van der Waals surface area contributed by atoms with Gasteiger partial charge in [0.2, 0.25) is 5.78 Å². The zero-order valence-corrected chi connectivity index (χ0v) is 16.0. The molecule has 2 aromatic carbocycles. The molecule has 0 bridgehead atoms. The molecule has 1 saturated heterocycles. The van der Waals surface area contributed by atoms with Crippen molar-refractivity contribution in [2.75, 3.05) is 6.61 Å². The number of ether oxygens (including phenoxy) is 1. The summed E-state index contributed by atoms with van der Waals surface area (Å²) in [5.74, 6) is -1.53. The zero-order chi connectivity index (χ0) is 21.5. The molecule has 0 amide bonds. The van der Waals surface area contributed by atoms with Gasteiger partial charge in [-0.1, -0.05) is 30.3 Å². The number of aromatic hydroxyl groups is 2. The molecule has 8 heteroatoms. The molecule has 1 aliphatic heterocycles. The Morgan fingerprint density at radius 1 is 0.931 bits per heavy atom. The second-order valence-electron chi connectivity index (χ2n) is 7.18. The molecule has 5 atom stereocenters. The Balaban J connectivity index is 2.12. The molecule has 2 aromatic rings. The van der Waals surface area contributed by atoms with Crippen molar-refractivity contribution < 1.29 is 40.2 Å². The molecule has 1 heterocycles. The van der Waals surface area contributed by atoms with E-state index in [0.29, 0.717) is 0 Å². The van der Waals surface area contributed by atoms with Gasteiger partial charge in [-0.25, -0.2) is 0 Å². The lowest BCUT2D eigenvalue weighted by molar-refractivity contribution is -0.232. The fourth-order valence-corrected chi connectivity index (χ4v) is 3.74. The molecular weight excluding hydrogens is 380 g/mol. The Bertz CT molecular complexity index is 880. The van der Waals surface area contributed by atoms with Crippen LogP contribution >= 0.6 is 0 Å². The first-order valence-corrected chi connectivity index (χ1v) is 9.15. The van der Waals surface area contributed by atoms with Crippen LogP contribution < -0.4 is 0 Å². The highest BCUT2D eigenvalue weighted by molar-refractivity contribution is 6.13. The Hall–Kier alpha value is -2.49. The van der Waals surface area contributed by atoms with Crippen molar-refractivity contribution in [1.82, 2.24) is 0 Å². The highest BCUT2D eigenvalue weighted by Crippen LogP contribution is 2.44. The number of aliphatic hydroxyl groups excluding tert-OH is 4. The van der Waals surface area contributed by atoms with Crippen LogP contribution in [0.15, 0.2) is 30.3 Å². The van der Waals surface area contributed by atoms with Gasteiger partial charge in [-0.05, 0) is 30.5 Å². The van der Waals surface area contributed by atoms with E-state index in [1.54, 1.807) is 30.3 Å². The lowest BCUT2D eigenvalue weighted by Crippen LogP contribution is -2.55. The molecule has 156 valence electrons. The summed E-state index contributed by atoms with van der Waals surface area (Å²) < 4.78 is 5.56. The average molecular weight is 404 g/mol. The molecule has 29 heavy (non-hydrogen) atoms. The molecular formula is C21H24O8. The third kappa shape index (κ3) is 3.50. The number of hydrogen-bond acceptors (Lipinski definition) is 8.